The third-order valence-corrected chi connectivity index (χ3v) is 7.19. The molecule has 31 heavy (non-hydrogen) atoms. The van der Waals surface area contributed by atoms with Gasteiger partial charge in [0.2, 0.25) is 5.91 Å². The lowest BCUT2D eigenvalue weighted by molar-refractivity contribution is -0.127. The van der Waals surface area contributed by atoms with Crippen molar-refractivity contribution >= 4 is 28.4 Å². The van der Waals surface area contributed by atoms with Crippen LogP contribution in [0.2, 0.25) is 0 Å². The Balaban J connectivity index is 1.67. The Morgan fingerprint density at radius 1 is 1.06 bits per heavy atom. The Morgan fingerprint density at radius 3 is 2.58 bits per heavy atom. The van der Waals surface area contributed by atoms with Crippen molar-refractivity contribution in [1.29, 1.82) is 0 Å². The summed E-state index contributed by atoms with van der Waals surface area (Å²) in [5, 5.41) is 4.29. The number of hydrogen-bond acceptors (Lipinski definition) is 2. The average Bonchev–Trinajstić information content (AvgIpc) is 3.39. The molecule has 1 saturated carbocycles. The maximum atomic E-state index is 13.9. The summed E-state index contributed by atoms with van der Waals surface area (Å²) in [7, 11) is 0. The zero-order valence-corrected chi connectivity index (χ0v) is 18.4. The molecular weight excluding hydrogens is 386 g/mol. The lowest BCUT2D eigenvalue weighted by Crippen LogP contribution is -2.65. The Kier molecular flexibility index (Phi) is 4.65. The van der Waals surface area contributed by atoms with Gasteiger partial charge >= 0.3 is 0 Å². The topological polar surface area (TPSA) is 54.3 Å². The van der Waals surface area contributed by atoms with Crippen molar-refractivity contribution in [3.8, 4) is 0 Å². The van der Waals surface area contributed by atoms with E-state index in [4.69, 9.17) is 0 Å². The summed E-state index contributed by atoms with van der Waals surface area (Å²) in [6, 6.07) is 16.1. The first kappa shape index (κ1) is 19.9. The normalized spacial score (nSPS) is 21.5. The van der Waals surface area contributed by atoms with Crippen molar-refractivity contribution in [3.05, 3.63) is 65.4 Å². The molecule has 1 fully saturated rings. The van der Waals surface area contributed by atoms with Gasteiger partial charge in [0.05, 0.1) is 6.54 Å². The molecule has 5 rings (SSSR count). The van der Waals surface area contributed by atoms with Gasteiger partial charge in [-0.15, -0.1) is 0 Å². The number of anilines is 1. The standard InChI is InChI=1S/C26H29N3O2/c1-17-9-8-14-21(18(17)2)29-24(30)23-15-19-10-4-7-13-22(19)28(23)16-26(29,3)25(31)27-20-11-5-6-12-20/h4,7-10,13-15,20H,5-6,11-12,16H2,1-3H3,(H,27,31)/t26-/m1/s1. The monoisotopic (exact) mass is 415 g/mol. The second-order valence-corrected chi connectivity index (χ2v) is 9.26. The molecule has 2 heterocycles. The van der Waals surface area contributed by atoms with Gasteiger partial charge in [0.1, 0.15) is 11.2 Å². The zero-order chi connectivity index (χ0) is 21.8. The van der Waals surface area contributed by atoms with Crippen molar-refractivity contribution in [2.24, 2.45) is 0 Å². The van der Waals surface area contributed by atoms with E-state index in [9.17, 15) is 9.59 Å². The van der Waals surface area contributed by atoms with Crippen LogP contribution in [-0.4, -0.2) is 28.0 Å². The van der Waals surface area contributed by atoms with Crippen molar-refractivity contribution in [3.63, 3.8) is 0 Å². The molecule has 0 saturated heterocycles. The number of aryl methyl sites for hydroxylation is 1. The highest BCUT2D eigenvalue weighted by Crippen LogP contribution is 2.38. The number of fused-ring (bicyclic) bond motifs is 3. The van der Waals surface area contributed by atoms with Crippen LogP contribution in [0.25, 0.3) is 10.9 Å². The van der Waals surface area contributed by atoms with Gasteiger partial charge in [-0.2, -0.15) is 0 Å². The SMILES string of the molecule is Cc1cccc(N2C(=O)c3cc4ccccc4n3C[C@]2(C)C(=O)NC2CCCC2)c1C. The second-order valence-electron chi connectivity index (χ2n) is 9.26. The molecular formula is C26H29N3O2. The third-order valence-electron chi connectivity index (χ3n) is 7.19. The van der Waals surface area contributed by atoms with Gasteiger partial charge in [0.25, 0.3) is 5.91 Å². The first-order valence-corrected chi connectivity index (χ1v) is 11.2. The fraction of sp³-hybridized carbons (Fsp3) is 0.385. The zero-order valence-electron chi connectivity index (χ0n) is 18.4. The molecule has 0 bridgehead atoms. The summed E-state index contributed by atoms with van der Waals surface area (Å²) in [4.78, 5) is 29.4. The number of carbonyl (C=O) groups excluding carboxylic acids is 2. The van der Waals surface area contributed by atoms with Crippen LogP contribution in [0.1, 0.15) is 54.2 Å². The molecule has 2 amide bonds. The highest BCUT2D eigenvalue weighted by Gasteiger charge is 2.49. The van der Waals surface area contributed by atoms with Gasteiger partial charge < -0.3 is 9.88 Å². The van der Waals surface area contributed by atoms with Gasteiger partial charge in [-0.05, 0) is 62.9 Å². The smallest absolute Gasteiger partial charge is 0.275 e. The number of nitrogens with zero attached hydrogens (tertiary/aromatic N) is 2. The Labute approximate surface area is 183 Å². The minimum absolute atomic E-state index is 0.0721. The molecule has 1 aliphatic heterocycles. The minimum Gasteiger partial charge on any atom is -0.351 e. The van der Waals surface area contributed by atoms with Crippen LogP contribution < -0.4 is 10.2 Å². The van der Waals surface area contributed by atoms with Crippen molar-refractivity contribution < 1.29 is 9.59 Å². The number of carbonyl (C=O) groups is 2. The largest absolute Gasteiger partial charge is 0.351 e. The molecule has 1 N–H and O–H groups in total. The summed E-state index contributed by atoms with van der Waals surface area (Å²) in [5.74, 6) is -0.197. The molecule has 1 aliphatic carbocycles. The van der Waals surface area contributed by atoms with Gasteiger partial charge in [-0.1, -0.05) is 43.2 Å². The lowest BCUT2D eigenvalue weighted by Gasteiger charge is -2.45. The second kappa shape index (κ2) is 7.26. The molecule has 3 aromatic rings. The van der Waals surface area contributed by atoms with Crippen LogP contribution in [0.3, 0.4) is 0 Å². The van der Waals surface area contributed by atoms with E-state index < -0.39 is 5.54 Å². The van der Waals surface area contributed by atoms with E-state index in [-0.39, 0.29) is 17.9 Å². The first-order valence-electron chi connectivity index (χ1n) is 11.2. The van der Waals surface area contributed by atoms with E-state index in [0.29, 0.717) is 12.2 Å². The van der Waals surface area contributed by atoms with E-state index in [1.165, 1.54) is 0 Å². The molecule has 0 unspecified atom stereocenters. The van der Waals surface area contributed by atoms with Gasteiger partial charge in [0, 0.05) is 22.6 Å². The molecule has 0 radical (unpaired) electrons. The highest BCUT2D eigenvalue weighted by atomic mass is 16.2. The number of para-hydroxylation sites is 1. The molecule has 160 valence electrons. The van der Waals surface area contributed by atoms with Crippen LogP contribution in [0.4, 0.5) is 5.69 Å². The highest BCUT2D eigenvalue weighted by molar-refractivity contribution is 6.14. The fourth-order valence-electron chi connectivity index (χ4n) is 5.21. The molecule has 5 heteroatoms. The molecule has 0 spiro atoms. The van der Waals surface area contributed by atoms with Crippen LogP contribution in [0.5, 0.6) is 0 Å². The number of benzene rings is 2. The summed E-state index contributed by atoms with van der Waals surface area (Å²) in [5.41, 5.74) is 3.55. The third kappa shape index (κ3) is 3.06. The summed E-state index contributed by atoms with van der Waals surface area (Å²) in [6.45, 7) is 6.40. The molecule has 5 nitrogen and oxygen atoms in total. The number of aromatic nitrogens is 1. The van der Waals surface area contributed by atoms with Gasteiger partial charge in [-0.25, -0.2) is 0 Å². The van der Waals surface area contributed by atoms with Gasteiger partial charge in [-0.3, -0.25) is 14.5 Å². The number of hydrogen-bond donors (Lipinski definition) is 1. The van der Waals surface area contributed by atoms with E-state index in [2.05, 4.69) is 5.32 Å². The summed E-state index contributed by atoms with van der Waals surface area (Å²) in [6.07, 6.45) is 4.31. The van der Waals surface area contributed by atoms with E-state index in [1.807, 2.05) is 73.9 Å². The number of nitrogens with one attached hydrogen (secondary N) is 1. The lowest BCUT2D eigenvalue weighted by atomic mass is 9.92. The predicted molar refractivity (Wildman–Crippen MR) is 123 cm³/mol. The minimum atomic E-state index is -1.02. The summed E-state index contributed by atoms with van der Waals surface area (Å²) >= 11 is 0. The Morgan fingerprint density at radius 2 is 1.81 bits per heavy atom. The van der Waals surface area contributed by atoms with Crippen LogP contribution >= 0.6 is 0 Å². The van der Waals surface area contributed by atoms with Crippen molar-refractivity contribution in [1.82, 2.24) is 9.88 Å². The average molecular weight is 416 g/mol. The summed E-state index contributed by atoms with van der Waals surface area (Å²) < 4.78 is 2.02. The Hall–Kier alpha value is -3.08. The van der Waals surface area contributed by atoms with E-state index in [1.54, 1.807) is 4.90 Å². The van der Waals surface area contributed by atoms with Crippen LogP contribution in [0.15, 0.2) is 48.5 Å². The van der Waals surface area contributed by atoms with Crippen molar-refractivity contribution in [2.75, 3.05) is 4.90 Å². The molecule has 1 atom stereocenters. The maximum absolute atomic E-state index is 13.9. The van der Waals surface area contributed by atoms with E-state index in [0.717, 1.165) is 53.4 Å². The predicted octanol–water partition coefficient (Wildman–Crippen LogP) is 4.74. The number of amides is 2. The first-order chi connectivity index (χ1) is 14.9. The fourth-order valence-corrected chi connectivity index (χ4v) is 5.21. The molecule has 2 aliphatic rings. The van der Waals surface area contributed by atoms with Crippen LogP contribution in [-0.2, 0) is 11.3 Å². The Bertz CT molecular complexity index is 1190. The maximum Gasteiger partial charge on any atom is 0.275 e. The molecule has 2 aromatic carbocycles. The quantitative estimate of drug-likeness (QED) is 0.672. The van der Waals surface area contributed by atoms with Crippen molar-refractivity contribution in [2.45, 2.75) is 64.6 Å². The van der Waals surface area contributed by atoms with Crippen LogP contribution in [0, 0.1) is 13.8 Å². The van der Waals surface area contributed by atoms with E-state index >= 15 is 0 Å². The number of rotatable bonds is 3. The van der Waals surface area contributed by atoms with Gasteiger partial charge in [0.15, 0.2) is 0 Å². The molecule has 1 aromatic heterocycles.